The van der Waals surface area contributed by atoms with Gasteiger partial charge in [0.25, 0.3) is 0 Å². The van der Waals surface area contributed by atoms with E-state index in [1.165, 1.54) is 11.3 Å². The van der Waals surface area contributed by atoms with Gasteiger partial charge in [-0.05, 0) is 22.0 Å². The van der Waals surface area contributed by atoms with Crippen LogP contribution in [0, 0.1) is 0 Å². The standard InChI is InChI=1S/C7H8BrN5S/c1-13-3-2-5(12-13)4-9-7-11-10-6(8)14-7/h2-3H,4H2,1H3,(H,9,11). The van der Waals surface area contributed by atoms with E-state index in [0.717, 1.165) is 14.7 Å². The lowest BCUT2D eigenvalue weighted by molar-refractivity contribution is 0.747. The summed E-state index contributed by atoms with van der Waals surface area (Å²) in [6, 6.07) is 1.96. The Bertz CT molecular complexity index is 383. The number of rotatable bonds is 3. The first-order valence-electron chi connectivity index (χ1n) is 3.95. The first-order valence-corrected chi connectivity index (χ1v) is 5.56. The molecule has 0 radical (unpaired) electrons. The molecule has 14 heavy (non-hydrogen) atoms. The van der Waals surface area contributed by atoms with Crippen LogP contribution in [-0.2, 0) is 13.6 Å². The van der Waals surface area contributed by atoms with Crippen molar-refractivity contribution >= 4 is 32.4 Å². The van der Waals surface area contributed by atoms with Gasteiger partial charge < -0.3 is 5.32 Å². The van der Waals surface area contributed by atoms with Crippen LogP contribution in [-0.4, -0.2) is 20.0 Å². The lowest BCUT2D eigenvalue weighted by atomic mass is 10.4. The Kier molecular flexibility index (Phi) is 2.78. The van der Waals surface area contributed by atoms with Gasteiger partial charge in [-0.15, -0.1) is 10.2 Å². The van der Waals surface area contributed by atoms with Crippen molar-refractivity contribution < 1.29 is 0 Å². The van der Waals surface area contributed by atoms with Gasteiger partial charge in [0.2, 0.25) is 5.13 Å². The van der Waals surface area contributed by atoms with E-state index in [1.54, 1.807) is 4.68 Å². The monoisotopic (exact) mass is 273 g/mol. The zero-order chi connectivity index (χ0) is 9.97. The smallest absolute Gasteiger partial charge is 0.206 e. The minimum Gasteiger partial charge on any atom is -0.354 e. The van der Waals surface area contributed by atoms with E-state index in [0.29, 0.717) is 6.54 Å². The zero-order valence-corrected chi connectivity index (χ0v) is 9.84. The van der Waals surface area contributed by atoms with Crippen molar-refractivity contribution in [2.24, 2.45) is 7.05 Å². The molecule has 0 unspecified atom stereocenters. The van der Waals surface area contributed by atoms with Gasteiger partial charge in [-0.3, -0.25) is 4.68 Å². The summed E-state index contributed by atoms with van der Waals surface area (Å²) < 4.78 is 2.55. The number of halogens is 1. The molecule has 5 nitrogen and oxygen atoms in total. The quantitative estimate of drug-likeness (QED) is 0.924. The van der Waals surface area contributed by atoms with Gasteiger partial charge in [-0.25, -0.2) is 0 Å². The van der Waals surface area contributed by atoms with Crippen LogP contribution >= 0.6 is 27.3 Å². The molecule has 0 fully saturated rings. The van der Waals surface area contributed by atoms with Crippen LogP contribution < -0.4 is 5.32 Å². The van der Waals surface area contributed by atoms with Crippen LogP contribution in [0.2, 0.25) is 0 Å². The third-order valence-corrected chi connectivity index (χ3v) is 2.90. The normalized spacial score (nSPS) is 10.4. The van der Waals surface area contributed by atoms with E-state index >= 15 is 0 Å². The highest BCUT2D eigenvalue weighted by molar-refractivity contribution is 9.11. The number of aromatic nitrogens is 4. The summed E-state index contributed by atoms with van der Waals surface area (Å²) in [6.45, 7) is 0.669. The largest absolute Gasteiger partial charge is 0.354 e. The van der Waals surface area contributed by atoms with E-state index in [9.17, 15) is 0 Å². The van der Waals surface area contributed by atoms with Gasteiger partial charge in [0.15, 0.2) is 3.92 Å². The number of nitrogens with zero attached hydrogens (tertiary/aromatic N) is 4. The Morgan fingerprint density at radius 3 is 3.00 bits per heavy atom. The second-order valence-electron chi connectivity index (χ2n) is 2.69. The average Bonchev–Trinajstić information content (AvgIpc) is 2.72. The maximum absolute atomic E-state index is 4.23. The van der Waals surface area contributed by atoms with E-state index in [2.05, 4.69) is 36.5 Å². The lowest BCUT2D eigenvalue weighted by Crippen LogP contribution is -2.00. The molecule has 0 aliphatic carbocycles. The highest BCUT2D eigenvalue weighted by Crippen LogP contribution is 2.20. The van der Waals surface area contributed by atoms with Crippen molar-refractivity contribution in [3.8, 4) is 0 Å². The summed E-state index contributed by atoms with van der Waals surface area (Å²) in [5, 5.41) is 15.9. The molecule has 0 aliphatic rings. The number of nitrogens with one attached hydrogen (secondary N) is 1. The summed E-state index contributed by atoms with van der Waals surface area (Å²) in [5.41, 5.74) is 0.985. The molecule has 2 rings (SSSR count). The Labute approximate surface area is 93.3 Å². The number of hydrogen-bond acceptors (Lipinski definition) is 5. The van der Waals surface area contributed by atoms with Crippen LogP contribution in [0.3, 0.4) is 0 Å². The van der Waals surface area contributed by atoms with Crippen molar-refractivity contribution in [3.63, 3.8) is 0 Å². The SMILES string of the molecule is Cn1ccc(CNc2nnc(Br)s2)n1. The molecule has 0 bridgehead atoms. The molecule has 0 saturated carbocycles. The molecule has 0 atom stereocenters. The van der Waals surface area contributed by atoms with E-state index in [1.807, 2.05) is 19.3 Å². The molecule has 2 heterocycles. The topological polar surface area (TPSA) is 55.6 Å². The minimum absolute atomic E-state index is 0.669. The fraction of sp³-hybridized carbons (Fsp3) is 0.286. The van der Waals surface area contributed by atoms with Gasteiger partial charge in [0, 0.05) is 13.2 Å². The molecule has 1 N–H and O–H groups in total. The maximum Gasteiger partial charge on any atom is 0.206 e. The van der Waals surface area contributed by atoms with Crippen LogP contribution in [0.1, 0.15) is 5.69 Å². The minimum atomic E-state index is 0.669. The maximum atomic E-state index is 4.23. The van der Waals surface area contributed by atoms with Crippen LogP contribution in [0.5, 0.6) is 0 Å². The number of hydrogen-bond donors (Lipinski definition) is 1. The summed E-state index contributed by atoms with van der Waals surface area (Å²) in [7, 11) is 1.89. The molecule has 0 spiro atoms. The molecule has 0 aromatic carbocycles. The first kappa shape index (κ1) is 9.60. The van der Waals surface area contributed by atoms with Gasteiger partial charge in [0.1, 0.15) is 0 Å². The summed E-state index contributed by atoms with van der Waals surface area (Å²) in [6.07, 6.45) is 1.91. The second kappa shape index (κ2) is 4.05. The van der Waals surface area contributed by atoms with Gasteiger partial charge >= 0.3 is 0 Å². The summed E-state index contributed by atoms with van der Waals surface area (Å²) in [4.78, 5) is 0. The van der Waals surface area contributed by atoms with Gasteiger partial charge in [-0.2, -0.15) is 5.10 Å². The molecule has 2 aromatic heterocycles. The Morgan fingerprint density at radius 1 is 1.57 bits per heavy atom. The Balaban J connectivity index is 1.94. The third-order valence-electron chi connectivity index (χ3n) is 1.59. The molecule has 74 valence electrons. The summed E-state index contributed by atoms with van der Waals surface area (Å²) >= 11 is 4.71. The molecule has 0 aliphatic heterocycles. The fourth-order valence-corrected chi connectivity index (χ4v) is 2.01. The van der Waals surface area contributed by atoms with E-state index < -0.39 is 0 Å². The highest BCUT2D eigenvalue weighted by Gasteiger charge is 2.01. The molecule has 0 saturated heterocycles. The first-order chi connectivity index (χ1) is 6.74. The zero-order valence-electron chi connectivity index (χ0n) is 7.44. The molecule has 0 amide bonds. The van der Waals surface area contributed by atoms with Crippen molar-refractivity contribution in [1.29, 1.82) is 0 Å². The predicted molar refractivity (Wildman–Crippen MR) is 58.1 cm³/mol. The van der Waals surface area contributed by atoms with Crippen LogP contribution in [0.15, 0.2) is 16.2 Å². The fourth-order valence-electron chi connectivity index (χ4n) is 1.00. The molecule has 2 aromatic rings. The number of anilines is 1. The average molecular weight is 274 g/mol. The Morgan fingerprint density at radius 2 is 2.43 bits per heavy atom. The Hall–Kier alpha value is -0.950. The van der Waals surface area contributed by atoms with Crippen molar-refractivity contribution in [2.75, 3.05) is 5.32 Å². The van der Waals surface area contributed by atoms with Crippen molar-refractivity contribution in [1.82, 2.24) is 20.0 Å². The third kappa shape index (κ3) is 2.30. The van der Waals surface area contributed by atoms with Crippen molar-refractivity contribution in [3.05, 3.63) is 21.9 Å². The lowest BCUT2D eigenvalue weighted by Gasteiger charge is -1.96. The highest BCUT2D eigenvalue weighted by atomic mass is 79.9. The molecular weight excluding hydrogens is 266 g/mol. The van der Waals surface area contributed by atoms with Gasteiger partial charge in [0.05, 0.1) is 12.2 Å². The van der Waals surface area contributed by atoms with Crippen molar-refractivity contribution in [2.45, 2.75) is 6.54 Å². The second-order valence-corrected chi connectivity index (χ2v) is 4.95. The molecular formula is C7H8BrN5S. The van der Waals surface area contributed by atoms with E-state index in [4.69, 9.17) is 0 Å². The van der Waals surface area contributed by atoms with Crippen LogP contribution in [0.4, 0.5) is 5.13 Å². The number of aryl methyl sites for hydroxylation is 1. The summed E-state index contributed by atoms with van der Waals surface area (Å²) in [5.74, 6) is 0. The predicted octanol–water partition coefficient (Wildman–Crippen LogP) is 1.65. The van der Waals surface area contributed by atoms with Gasteiger partial charge in [-0.1, -0.05) is 11.3 Å². The van der Waals surface area contributed by atoms with E-state index in [-0.39, 0.29) is 0 Å². The van der Waals surface area contributed by atoms with Crippen LogP contribution in [0.25, 0.3) is 0 Å². The molecule has 7 heteroatoms.